The first-order valence-electron chi connectivity index (χ1n) is 6.66. The van der Waals surface area contributed by atoms with E-state index in [1.54, 1.807) is 28.3 Å². The maximum absolute atomic E-state index is 12.2. The second-order valence-electron chi connectivity index (χ2n) is 4.78. The molecular weight excluding hydrogens is 262 g/mol. The topological polar surface area (TPSA) is 85.1 Å². The molecule has 0 aliphatic carbocycles. The van der Waals surface area contributed by atoms with Gasteiger partial charge in [-0.1, -0.05) is 0 Å². The lowest BCUT2D eigenvalue weighted by molar-refractivity contribution is -0.140. The minimum Gasteiger partial charge on any atom is -0.385 e. The number of hydrogen-bond acceptors (Lipinski definition) is 5. The summed E-state index contributed by atoms with van der Waals surface area (Å²) in [5, 5.41) is 0. The van der Waals surface area contributed by atoms with Gasteiger partial charge in [0.05, 0.1) is 19.2 Å². The van der Waals surface area contributed by atoms with Crippen molar-refractivity contribution in [2.45, 2.75) is 18.9 Å². The van der Waals surface area contributed by atoms with E-state index in [1.165, 1.54) is 9.80 Å². The molecule has 0 spiro atoms. The van der Waals surface area contributed by atoms with Gasteiger partial charge in [0.15, 0.2) is 0 Å². The fourth-order valence-electron chi connectivity index (χ4n) is 1.58. The zero-order valence-electron chi connectivity index (χ0n) is 12.9. The van der Waals surface area contributed by atoms with Crippen molar-refractivity contribution in [2.75, 3.05) is 54.6 Å². The third-order valence-corrected chi connectivity index (χ3v) is 2.88. The van der Waals surface area contributed by atoms with Crippen LogP contribution in [0.1, 0.15) is 12.8 Å². The summed E-state index contributed by atoms with van der Waals surface area (Å²) in [4.78, 5) is 26.9. The molecule has 0 bridgehead atoms. The van der Waals surface area contributed by atoms with Crippen LogP contribution in [-0.2, 0) is 19.1 Å². The van der Waals surface area contributed by atoms with E-state index in [4.69, 9.17) is 15.2 Å². The number of methoxy groups -OCH3 is 2. The summed E-state index contributed by atoms with van der Waals surface area (Å²) >= 11 is 0. The third-order valence-electron chi connectivity index (χ3n) is 2.88. The van der Waals surface area contributed by atoms with Crippen LogP contribution in [0.3, 0.4) is 0 Å². The summed E-state index contributed by atoms with van der Waals surface area (Å²) in [5.41, 5.74) is 5.87. The minimum atomic E-state index is -0.614. The molecule has 7 nitrogen and oxygen atoms in total. The van der Waals surface area contributed by atoms with Crippen LogP contribution >= 0.6 is 0 Å². The molecule has 7 heteroatoms. The molecule has 0 aliphatic rings. The molecule has 0 aliphatic heterocycles. The Kier molecular flexibility index (Phi) is 9.96. The fourth-order valence-corrected chi connectivity index (χ4v) is 1.58. The molecule has 0 aromatic heterocycles. The molecule has 0 aromatic rings. The van der Waals surface area contributed by atoms with Crippen molar-refractivity contribution in [3.05, 3.63) is 0 Å². The van der Waals surface area contributed by atoms with Crippen molar-refractivity contribution in [3.63, 3.8) is 0 Å². The molecule has 0 saturated carbocycles. The lowest BCUT2D eigenvalue weighted by Gasteiger charge is -2.26. The van der Waals surface area contributed by atoms with E-state index in [0.29, 0.717) is 32.6 Å². The summed E-state index contributed by atoms with van der Waals surface area (Å²) < 4.78 is 9.90. The fraction of sp³-hybridized carbons (Fsp3) is 0.846. The molecule has 2 amide bonds. The summed E-state index contributed by atoms with van der Waals surface area (Å²) in [6.07, 6.45) is 1.25. The molecule has 20 heavy (non-hydrogen) atoms. The Morgan fingerprint density at radius 3 is 2.25 bits per heavy atom. The van der Waals surface area contributed by atoms with Gasteiger partial charge in [-0.3, -0.25) is 9.59 Å². The van der Waals surface area contributed by atoms with Gasteiger partial charge >= 0.3 is 0 Å². The van der Waals surface area contributed by atoms with E-state index in [0.717, 1.165) is 0 Å². The zero-order valence-corrected chi connectivity index (χ0v) is 12.9. The average molecular weight is 289 g/mol. The van der Waals surface area contributed by atoms with Gasteiger partial charge in [-0.15, -0.1) is 0 Å². The number of carbonyl (C=O) groups is 2. The SMILES string of the molecule is COCCCC(N)C(=O)N(CCOC)CC(=O)N(C)C. The van der Waals surface area contributed by atoms with Crippen LogP contribution in [-0.4, -0.2) is 82.3 Å². The summed E-state index contributed by atoms with van der Waals surface area (Å²) in [5.74, 6) is -0.369. The van der Waals surface area contributed by atoms with Gasteiger partial charge in [0.25, 0.3) is 0 Å². The number of amides is 2. The monoisotopic (exact) mass is 289 g/mol. The van der Waals surface area contributed by atoms with Gasteiger partial charge in [-0.05, 0) is 12.8 Å². The van der Waals surface area contributed by atoms with Gasteiger partial charge in [0.2, 0.25) is 11.8 Å². The molecule has 2 N–H and O–H groups in total. The number of likely N-dealkylation sites (N-methyl/N-ethyl adjacent to an activating group) is 1. The first-order chi connectivity index (χ1) is 9.43. The quantitative estimate of drug-likeness (QED) is 0.538. The normalized spacial score (nSPS) is 12.1. The van der Waals surface area contributed by atoms with Crippen LogP contribution in [0, 0.1) is 0 Å². The van der Waals surface area contributed by atoms with Crippen molar-refractivity contribution in [3.8, 4) is 0 Å². The molecule has 1 unspecified atom stereocenters. The van der Waals surface area contributed by atoms with Crippen molar-refractivity contribution in [1.82, 2.24) is 9.80 Å². The van der Waals surface area contributed by atoms with E-state index < -0.39 is 6.04 Å². The number of nitrogens with zero attached hydrogens (tertiary/aromatic N) is 2. The molecular formula is C13H27N3O4. The molecule has 0 radical (unpaired) electrons. The first kappa shape index (κ1) is 18.8. The molecule has 118 valence electrons. The Labute approximate surface area is 121 Å². The second-order valence-corrected chi connectivity index (χ2v) is 4.78. The summed E-state index contributed by atoms with van der Waals surface area (Å²) in [6, 6.07) is -0.614. The molecule has 1 atom stereocenters. The maximum Gasteiger partial charge on any atom is 0.241 e. The van der Waals surface area contributed by atoms with E-state index in [9.17, 15) is 9.59 Å². The Balaban J connectivity index is 4.49. The Bertz CT molecular complexity index is 297. The van der Waals surface area contributed by atoms with E-state index >= 15 is 0 Å². The number of carbonyl (C=O) groups excluding carboxylic acids is 2. The predicted molar refractivity (Wildman–Crippen MR) is 76.2 cm³/mol. The van der Waals surface area contributed by atoms with E-state index in [-0.39, 0.29) is 18.4 Å². The Hall–Kier alpha value is -1.18. The standard InChI is InChI=1S/C13H27N3O4/c1-15(2)12(17)10-16(7-9-20-4)13(18)11(14)6-5-8-19-3/h11H,5-10,14H2,1-4H3. The first-order valence-corrected chi connectivity index (χ1v) is 6.66. The number of hydrogen-bond donors (Lipinski definition) is 1. The highest BCUT2D eigenvalue weighted by Gasteiger charge is 2.23. The third kappa shape index (κ3) is 7.42. The van der Waals surface area contributed by atoms with Gasteiger partial charge in [0.1, 0.15) is 0 Å². The lowest BCUT2D eigenvalue weighted by atomic mass is 10.1. The van der Waals surface area contributed by atoms with Gasteiger partial charge in [0, 0.05) is 41.5 Å². The van der Waals surface area contributed by atoms with Crippen LogP contribution in [0.2, 0.25) is 0 Å². The summed E-state index contributed by atoms with van der Waals surface area (Å²) in [6.45, 7) is 1.31. The number of ether oxygens (including phenoxy) is 2. The number of rotatable bonds is 10. The largest absolute Gasteiger partial charge is 0.385 e. The molecule has 0 saturated heterocycles. The highest BCUT2D eigenvalue weighted by Crippen LogP contribution is 2.02. The van der Waals surface area contributed by atoms with Crippen LogP contribution in [0.5, 0.6) is 0 Å². The van der Waals surface area contributed by atoms with Crippen molar-refractivity contribution in [1.29, 1.82) is 0 Å². The second kappa shape index (κ2) is 10.6. The summed E-state index contributed by atoms with van der Waals surface area (Å²) in [7, 11) is 6.46. The van der Waals surface area contributed by atoms with Crippen molar-refractivity contribution >= 4 is 11.8 Å². The van der Waals surface area contributed by atoms with Gasteiger partial charge in [-0.2, -0.15) is 0 Å². The number of nitrogens with two attached hydrogens (primary N) is 1. The molecule has 0 fully saturated rings. The van der Waals surface area contributed by atoms with Gasteiger partial charge < -0.3 is 25.0 Å². The van der Waals surface area contributed by atoms with E-state index in [2.05, 4.69) is 0 Å². The van der Waals surface area contributed by atoms with Crippen LogP contribution < -0.4 is 5.73 Å². The zero-order chi connectivity index (χ0) is 15.5. The maximum atomic E-state index is 12.2. The van der Waals surface area contributed by atoms with Crippen molar-refractivity contribution < 1.29 is 19.1 Å². The lowest BCUT2D eigenvalue weighted by Crippen LogP contribution is -2.48. The highest BCUT2D eigenvalue weighted by atomic mass is 16.5. The Morgan fingerprint density at radius 2 is 1.75 bits per heavy atom. The smallest absolute Gasteiger partial charge is 0.241 e. The minimum absolute atomic E-state index is 0.0210. The predicted octanol–water partition coefficient (Wildman–Crippen LogP) is -0.696. The van der Waals surface area contributed by atoms with Gasteiger partial charge in [-0.25, -0.2) is 0 Å². The molecule has 0 heterocycles. The van der Waals surface area contributed by atoms with Crippen molar-refractivity contribution in [2.24, 2.45) is 5.73 Å². The molecule has 0 aromatic carbocycles. The van der Waals surface area contributed by atoms with Crippen LogP contribution in [0.15, 0.2) is 0 Å². The van der Waals surface area contributed by atoms with Crippen LogP contribution in [0.4, 0.5) is 0 Å². The Morgan fingerprint density at radius 1 is 1.15 bits per heavy atom. The van der Waals surface area contributed by atoms with Crippen LogP contribution in [0.25, 0.3) is 0 Å². The molecule has 0 rings (SSSR count). The van der Waals surface area contributed by atoms with E-state index in [1.807, 2.05) is 0 Å². The average Bonchev–Trinajstić information content (AvgIpc) is 2.42. The highest BCUT2D eigenvalue weighted by molar-refractivity contribution is 5.87.